The molecule has 0 aliphatic carbocycles. The van der Waals surface area contributed by atoms with E-state index in [4.69, 9.17) is 46.4 Å². The van der Waals surface area contributed by atoms with E-state index in [0.717, 1.165) is 17.4 Å². The third kappa shape index (κ3) is 10.0. The van der Waals surface area contributed by atoms with Gasteiger partial charge in [-0.15, -0.1) is 20.5 Å². The van der Waals surface area contributed by atoms with Crippen LogP contribution in [0.25, 0.3) is 11.1 Å². The van der Waals surface area contributed by atoms with Crippen molar-refractivity contribution < 1.29 is 17.8 Å². The lowest BCUT2D eigenvalue weighted by Crippen LogP contribution is -2.09. The van der Waals surface area contributed by atoms with Gasteiger partial charge in [-0.1, -0.05) is 76.8 Å². The normalized spacial score (nSPS) is 11.4. The molecule has 2 heterocycles. The van der Waals surface area contributed by atoms with E-state index in [1.807, 2.05) is 0 Å². The van der Waals surface area contributed by atoms with Gasteiger partial charge in [0.1, 0.15) is 39.0 Å². The van der Waals surface area contributed by atoms with E-state index in [9.17, 15) is 28.3 Å². The monoisotopic (exact) mass is 902 g/mol. The molecule has 0 saturated heterocycles. The number of hydrogen-bond acceptors (Lipinski definition) is 13. The number of halogens is 4. The number of azo groups is 2. The van der Waals surface area contributed by atoms with Crippen molar-refractivity contribution in [3.63, 3.8) is 0 Å². The van der Waals surface area contributed by atoms with Crippen LogP contribution in [0.5, 0.6) is 0 Å². The standard InChI is InChI=1S/C39H26Cl4N10O4S2/c1-3-33(54)46-25-6-4-5-21(15-25)34-28(19-45)38(58-39(34)53-50-31-16-23(41)9-13-29(31)42)52-51-35-20(2)27(18-44)36(49-37(35)47-24-10-7-22(40)8-11-24)48-26-12-14-30(43)32(17-26)59(55,56)57/h4-17H,3H2,1-2H3,(H,46,54)(H2,47,48,49)(H,55,56,57). The Morgan fingerprint density at radius 2 is 1.44 bits per heavy atom. The molecule has 6 aromatic rings. The molecule has 6 rings (SSSR count). The highest BCUT2D eigenvalue weighted by atomic mass is 35.5. The summed E-state index contributed by atoms with van der Waals surface area (Å²) in [7, 11) is -4.69. The zero-order chi connectivity index (χ0) is 42.4. The van der Waals surface area contributed by atoms with Gasteiger partial charge in [-0.25, -0.2) is 4.98 Å². The number of amides is 1. The molecule has 4 aromatic carbocycles. The second-order valence-electron chi connectivity index (χ2n) is 12.2. The minimum absolute atomic E-state index is 0.00225. The van der Waals surface area contributed by atoms with E-state index in [-0.39, 0.29) is 72.2 Å². The fourth-order valence-corrected chi connectivity index (χ4v) is 7.76. The summed E-state index contributed by atoms with van der Waals surface area (Å²) in [5, 5.41) is 49.0. The molecule has 0 saturated carbocycles. The first-order chi connectivity index (χ1) is 28.2. The number of hydrogen-bond donors (Lipinski definition) is 4. The Morgan fingerprint density at radius 1 is 0.780 bits per heavy atom. The fraction of sp³-hybridized carbons (Fsp3) is 0.0769. The van der Waals surface area contributed by atoms with E-state index in [1.165, 1.54) is 18.2 Å². The maximum atomic E-state index is 12.2. The smallest absolute Gasteiger partial charge is 0.296 e. The molecule has 1 amide bonds. The lowest BCUT2D eigenvalue weighted by molar-refractivity contribution is -0.115. The lowest BCUT2D eigenvalue weighted by atomic mass is 10.0. The molecule has 0 spiro atoms. The molecule has 0 bridgehead atoms. The van der Waals surface area contributed by atoms with Crippen LogP contribution in [0.15, 0.2) is 110 Å². The number of rotatable bonds is 12. The van der Waals surface area contributed by atoms with Crippen LogP contribution < -0.4 is 16.0 Å². The van der Waals surface area contributed by atoms with Gasteiger partial charge < -0.3 is 16.0 Å². The van der Waals surface area contributed by atoms with Crippen molar-refractivity contribution in [1.82, 2.24) is 4.98 Å². The molecule has 0 radical (unpaired) electrons. The van der Waals surface area contributed by atoms with Crippen LogP contribution in [-0.2, 0) is 14.9 Å². The quantitative estimate of drug-likeness (QED) is 0.0677. The Kier molecular flexibility index (Phi) is 13.2. The number of carbonyl (C=O) groups excluding carboxylic acids is 1. The second-order valence-corrected chi connectivity index (χ2v) is 16.3. The van der Waals surface area contributed by atoms with Gasteiger partial charge in [-0.2, -0.15) is 18.9 Å². The van der Waals surface area contributed by atoms with E-state index in [0.29, 0.717) is 38.1 Å². The van der Waals surface area contributed by atoms with Crippen LogP contribution >= 0.6 is 57.7 Å². The van der Waals surface area contributed by atoms with Crippen LogP contribution in [0, 0.1) is 29.6 Å². The Hall–Kier alpha value is -5.95. The molecular weight excluding hydrogens is 878 g/mol. The Bertz CT molecular complexity index is 2890. The number of nitrogens with zero attached hydrogens (tertiary/aromatic N) is 7. The SMILES string of the molecule is CCC(=O)Nc1cccc(-c2c(N=Nc3cc(Cl)ccc3Cl)sc(N=Nc3c(Nc4ccc(Cl)cc4)nc(Nc4ccc(Cl)c(S(=O)(=O)O)c4)c(C#N)c3C)c2C#N)c1. The first-order valence-corrected chi connectivity index (χ1v) is 20.7. The largest absolute Gasteiger partial charge is 0.339 e. The predicted molar refractivity (Wildman–Crippen MR) is 231 cm³/mol. The number of nitriles is 2. The maximum absolute atomic E-state index is 12.2. The molecule has 59 heavy (non-hydrogen) atoms. The van der Waals surface area contributed by atoms with Crippen LogP contribution in [0.3, 0.4) is 0 Å². The third-order valence-corrected chi connectivity index (χ3v) is 11.3. The molecular formula is C39H26Cl4N10O4S2. The van der Waals surface area contributed by atoms with Crippen LogP contribution in [-0.4, -0.2) is 23.9 Å². The molecule has 20 heteroatoms. The van der Waals surface area contributed by atoms with E-state index in [2.05, 4.69) is 53.5 Å². The molecule has 0 atom stereocenters. The highest BCUT2D eigenvalue weighted by Gasteiger charge is 2.24. The molecule has 4 N–H and O–H groups in total. The van der Waals surface area contributed by atoms with Gasteiger partial charge in [0.15, 0.2) is 16.6 Å². The summed E-state index contributed by atoms with van der Waals surface area (Å²) in [5.41, 5.74) is 2.78. The summed E-state index contributed by atoms with van der Waals surface area (Å²) in [6, 6.07) is 26.3. The van der Waals surface area contributed by atoms with Crippen molar-refractivity contribution in [2.24, 2.45) is 20.5 Å². The number of aromatic nitrogens is 1. The number of pyridine rings is 1. The van der Waals surface area contributed by atoms with Crippen molar-refractivity contribution >= 4 is 124 Å². The van der Waals surface area contributed by atoms with Crippen molar-refractivity contribution in [1.29, 1.82) is 10.5 Å². The molecule has 2 aromatic heterocycles. The number of nitrogens with one attached hydrogen (secondary N) is 3. The Balaban J connectivity index is 1.51. The van der Waals surface area contributed by atoms with Crippen molar-refractivity contribution in [2.45, 2.75) is 25.2 Å². The summed E-state index contributed by atoms with van der Waals surface area (Å²) in [6.45, 7) is 3.33. The van der Waals surface area contributed by atoms with Gasteiger partial charge in [0.25, 0.3) is 10.1 Å². The maximum Gasteiger partial charge on any atom is 0.296 e. The Labute approximate surface area is 361 Å². The fourth-order valence-electron chi connectivity index (χ4n) is 5.40. The summed E-state index contributed by atoms with van der Waals surface area (Å²) < 4.78 is 33.6. The van der Waals surface area contributed by atoms with Crippen molar-refractivity contribution in [2.75, 3.05) is 16.0 Å². The summed E-state index contributed by atoms with van der Waals surface area (Å²) in [4.78, 5) is 16.3. The number of carbonyl (C=O) groups is 1. The second kappa shape index (κ2) is 18.3. The molecule has 296 valence electrons. The molecule has 0 aliphatic rings. The minimum Gasteiger partial charge on any atom is -0.339 e. The topological polar surface area (TPSA) is 217 Å². The number of thiophene rings is 1. The van der Waals surface area contributed by atoms with Crippen LogP contribution in [0.1, 0.15) is 30.0 Å². The predicted octanol–water partition coefficient (Wildman–Crippen LogP) is 13.4. The average Bonchev–Trinajstić information content (AvgIpc) is 3.56. The molecule has 14 nitrogen and oxygen atoms in total. The van der Waals surface area contributed by atoms with Gasteiger partial charge in [-0.05, 0) is 85.3 Å². The number of benzene rings is 4. The van der Waals surface area contributed by atoms with Gasteiger partial charge in [0, 0.05) is 44.7 Å². The Morgan fingerprint density at radius 3 is 2.14 bits per heavy atom. The van der Waals surface area contributed by atoms with Gasteiger partial charge in [0.05, 0.1) is 15.6 Å². The summed E-state index contributed by atoms with van der Waals surface area (Å²) >= 11 is 25.7. The van der Waals surface area contributed by atoms with Gasteiger partial charge >= 0.3 is 0 Å². The van der Waals surface area contributed by atoms with E-state index < -0.39 is 15.0 Å². The average molecular weight is 905 g/mol. The summed E-state index contributed by atoms with van der Waals surface area (Å²) in [5.74, 6) is -0.110. The molecule has 0 fully saturated rings. The first kappa shape index (κ1) is 42.7. The van der Waals surface area contributed by atoms with E-state index >= 15 is 0 Å². The zero-order valence-corrected chi connectivity index (χ0v) is 35.1. The van der Waals surface area contributed by atoms with Gasteiger partial charge in [0.2, 0.25) is 5.91 Å². The highest BCUT2D eigenvalue weighted by Crippen LogP contribution is 2.49. The third-order valence-electron chi connectivity index (χ3n) is 8.24. The lowest BCUT2D eigenvalue weighted by Gasteiger charge is -2.16. The highest BCUT2D eigenvalue weighted by molar-refractivity contribution is 7.86. The van der Waals surface area contributed by atoms with E-state index in [1.54, 1.807) is 74.5 Å². The number of anilines is 5. The first-order valence-electron chi connectivity index (χ1n) is 17.0. The zero-order valence-electron chi connectivity index (χ0n) is 30.4. The molecule has 0 unspecified atom stereocenters. The van der Waals surface area contributed by atoms with Gasteiger partial charge in [-0.3, -0.25) is 9.35 Å². The van der Waals surface area contributed by atoms with Crippen molar-refractivity contribution in [3.05, 3.63) is 122 Å². The summed E-state index contributed by atoms with van der Waals surface area (Å²) in [6.07, 6.45) is 0.250. The van der Waals surface area contributed by atoms with Crippen molar-refractivity contribution in [3.8, 4) is 23.3 Å². The molecule has 0 aliphatic heterocycles. The van der Waals surface area contributed by atoms with Crippen LogP contribution in [0.2, 0.25) is 20.1 Å². The minimum atomic E-state index is -4.69. The van der Waals surface area contributed by atoms with Crippen LogP contribution in [0.4, 0.5) is 50.1 Å².